The van der Waals surface area contributed by atoms with Crippen LogP contribution in [0.1, 0.15) is 17.3 Å². The second kappa shape index (κ2) is 4.19. The molecule has 0 amide bonds. The second-order valence-corrected chi connectivity index (χ2v) is 3.09. The SMILES string of the molecule is CCOC(=O)c1cc(N)c(N)c(Cl)c1. The van der Waals surface area contributed by atoms with Crippen molar-refractivity contribution in [3.8, 4) is 0 Å². The lowest BCUT2D eigenvalue weighted by Gasteiger charge is -2.06. The fraction of sp³-hybridized carbons (Fsp3) is 0.222. The number of halogens is 1. The van der Waals surface area contributed by atoms with Crippen molar-refractivity contribution in [1.29, 1.82) is 0 Å². The van der Waals surface area contributed by atoms with Crippen molar-refractivity contribution < 1.29 is 9.53 Å². The average molecular weight is 215 g/mol. The number of hydrogen-bond donors (Lipinski definition) is 2. The number of nitrogens with two attached hydrogens (primary N) is 2. The molecule has 0 aliphatic carbocycles. The predicted molar refractivity (Wildman–Crippen MR) is 56.2 cm³/mol. The van der Waals surface area contributed by atoms with E-state index in [4.69, 9.17) is 27.8 Å². The van der Waals surface area contributed by atoms with E-state index in [1.165, 1.54) is 12.1 Å². The molecule has 0 aliphatic heterocycles. The Labute approximate surface area is 86.8 Å². The first-order chi connectivity index (χ1) is 6.56. The number of esters is 1. The summed E-state index contributed by atoms with van der Waals surface area (Å²) in [5.74, 6) is -0.457. The Kier molecular flexibility index (Phi) is 3.19. The minimum Gasteiger partial charge on any atom is -0.462 e. The number of carbonyl (C=O) groups excluding carboxylic acids is 1. The van der Waals surface area contributed by atoms with Crippen LogP contribution in [0.15, 0.2) is 12.1 Å². The zero-order valence-corrected chi connectivity index (χ0v) is 8.47. The van der Waals surface area contributed by atoms with Gasteiger partial charge in [0.1, 0.15) is 0 Å². The van der Waals surface area contributed by atoms with Gasteiger partial charge in [-0.25, -0.2) is 4.79 Å². The maximum Gasteiger partial charge on any atom is 0.338 e. The smallest absolute Gasteiger partial charge is 0.338 e. The lowest BCUT2D eigenvalue weighted by Crippen LogP contribution is -2.06. The fourth-order valence-electron chi connectivity index (χ4n) is 0.971. The van der Waals surface area contributed by atoms with E-state index in [1.807, 2.05) is 0 Å². The van der Waals surface area contributed by atoms with Gasteiger partial charge in [-0.1, -0.05) is 11.6 Å². The molecule has 4 N–H and O–H groups in total. The van der Waals surface area contributed by atoms with E-state index in [0.29, 0.717) is 12.2 Å². The molecule has 0 atom stereocenters. The van der Waals surface area contributed by atoms with Crippen molar-refractivity contribution in [3.63, 3.8) is 0 Å². The van der Waals surface area contributed by atoms with E-state index in [0.717, 1.165) is 0 Å². The van der Waals surface area contributed by atoms with Crippen LogP contribution in [0.3, 0.4) is 0 Å². The third-order valence-corrected chi connectivity index (χ3v) is 1.99. The third kappa shape index (κ3) is 2.09. The zero-order chi connectivity index (χ0) is 10.7. The number of hydrogen-bond acceptors (Lipinski definition) is 4. The lowest BCUT2D eigenvalue weighted by molar-refractivity contribution is 0.0526. The van der Waals surface area contributed by atoms with Gasteiger partial charge in [-0.15, -0.1) is 0 Å². The van der Waals surface area contributed by atoms with Gasteiger partial charge in [-0.05, 0) is 19.1 Å². The average Bonchev–Trinajstić information content (AvgIpc) is 2.13. The molecule has 0 aromatic heterocycles. The van der Waals surface area contributed by atoms with Crippen molar-refractivity contribution in [2.45, 2.75) is 6.92 Å². The molecule has 4 nitrogen and oxygen atoms in total. The van der Waals surface area contributed by atoms with Gasteiger partial charge in [0.05, 0.1) is 28.6 Å². The normalized spacial score (nSPS) is 9.86. The first-order valence-electron chi connectivity index (χ1n) is 4.08. The van der Waals surface area contributed by atoms with Gasteiger partial charge in [-0.2, -0.15) is 0 Å². The molecule has 1 aromatic rings. The van der Waals surface area contributed by atoms with Crippen LogP contribution in [0.4, 0.5) is 11.4 Å². The maximum absolute atomic E-state index is 11.3. The maximum atomic E-state index is 11.3. The van der Waals surface area contributed by atoms with Crippen LogP contribution in [0.2, 0.25) is 5.02 Å². The first kappa shape index (κ1) is 10.7. The summed E-state index contributed by atoms with van der Waals surface area (Å²) < 4.78 is 4.78. The minimum atomic E-state index is -0.457. The molecule has 0 radical (unpaired) electrons. The van der Waals surface area contributed by atoms with E-state index in [1.54, 1.807) is 6.92 Å². The highest BCUT2D eigenvalue weighted by molar-refractivity contribution is 6.34. The molecule has 0 fully saturated rings. The van der Waals surface area contributed by atoms with E-state index in [2.05, 4.69) is 0 Å². The summed E-state index contributed by atoms with van der Waals surface area (Å²) >= 11 is 5.75. The minimum absolute atomic E-state index is 0.257. The van der Waals surface area contributed by atoms with Gasteiger partial charge in [0, 0.05) is 0 Å². The van der Waals surface area contributed by atoms with Crippen molar-refractivity contribution in [3.05, 3.63) is 22.7 Å². The molecule has 0 heterocycles. The summed E-state index contributed by atoms with van der Waals surface area (Å²) in [6.45, 7) is 2.03. The van der Waals surface area contributed by atoms with Gasteiger partial charge in [-0.3, -0.25) is 0 Å². The Bertz CT molecular complexity index is 343. The summed E-state index contributed by atoms with van der Waals surface area (Å²) in [5, 5.41) is 0.257. The molecule has 0 saturated carbocycles. The zero-order valence-electron chi connectivity index (χ0n) is 7.71. The molecule has 1 aromatic carbocycles. The first-order valence-corrected chi connectivity index (χ1v) is 4.45. The third-order valence-electron chi connectivity index (χ3n) is 1.67. The van der Waals surface area contributed by atoms with Crippen molar-refractivity contribution in [2.24, 2.45) is 0 Å². The topological polar surface area (TPSA) is 78.3 Å². The van der Waals surface area contributed by atoms with E-state index < -0.39 is 5.97 Å². The van der Waals surface area contributed by atoms with Crippen LogP contribution in [0.25, 0.3) is 0 Å². The van der Waals surface area contributed by atoms with Crippen molar-refractivity contribution >= 4 is 28.9 Å². The van der Waals surface area contributed by atoms with Gasteiger partial charge in [0.2, 0.25) is 0 Å². The molecule has 76 valence electrons. The number of anilines is 2. The standard InChI is InChI=1S/C9H11ClN2O2/c1-2-14-9(13)5-3-6(10)8(12)7(11)4-5/h3-4H,2,11-12H2,1H3. The Hall–Kier alpha value is -1.42. The van der Waals surface area contributed by atoms with Crippen LogP contribution in [0.5, 0.6) is 0 Å². The Morgan fingerprint density at radius 3 is 2.64 bits per heavy atom. The van der Waals surface area contributed by atoms with Gasteiger partial charge >= 0.3 is 5.97 Å². The highest BCUT2D eigenvalue weighted by atomic mass is 35.5. The molecular weight excluding hydrogens is 204 g/mol. The number of ether oxygens (including phenoxy) is 1. The molecule has 14 heavy (non-hydrogen) atoms. The summed E-state index contributed by atoms with van der Waals surface area (Å²) in [5.41, 5.74) is 11.9. The highest BCUT2D eigenvalue weighted by Gasteiger charge is 2.10. The van der Waals surface area contributed by atoms with Crippen LogP contribution in [-0.4, -0.2) is 12.6 Å². The number of carbonyl (C=O) groups is 1. The number of nitrogen functional groups attached to an aromatic ring is 2. The highest BCUT2D eigenvalue weighted by Crippen LogP contribution is 2.26. The molecule has 0 spiro atoms. The van der Waals surface area contributed by atoms with Crippen LogP contribution < -0.4 is 11.5 Å². The van der Waals surface area contributed by atoms with Crippen LogP contribution in [0, 0.1) is 0 Å². The Balaban J connectivity index is 3.06. The van der Waals surface area contributed by atoms with Crippen LogP contribution >= 0.6 is 11.6 Å². The molecular formula is C9H11ClN2O2. The van der Waals surface area contributed by atoms with Gasteiger partial charge in [0.25, 0.3) is 0 Å². The largest absolute Gasteiger partial charge is 0.462 e. The Morgan fingerprint density at radius 2 is 2.14 bits per heavy atom. The summed E-state index contributed by atoms with van der Waals surface area (Å²) in [4.78, 5) is 11.3. The molecule has 5 heteroatoms. The molecule has 0 saturated heterocycles. The second-order valence-electron chi connectivity index (χ2n) is 2.68. The Morgan fingerprint density at radius 1 is 1.50 bits per heavy atom. The molecule has 0 aliphatic rings. The summed E-state index contributed by atoms with van der Waals surface area (Å²) in [6.07, 6.45) is 0. The van der Waals surface area contributed by atoms with Gasteiger partial charge < -0.3 is 16.2 Å². The van der Waals surface area contributed by atoms with Crippen molar-refractivity contribution in [2.75, 3.05) is 18.1 Å². The van der Waals surface area contributed by atoms with E-state index in [-0.39, 0.29) is 16.4 Å². The van der Waals surface area contributed by atoms with E-state index >= 15 is 0 Å². The van der Waals surface area contributed by atoms with Crippen molar-refractivity contribution in [1.82, 2.24) is 0 Å². The van der Waals surface area contributed by atoms with Gasteiger partial charge in [0.15, 0.2) is 0 Å². The number of rotatable bonds is 2. The van der Waals surface area contributed by atoms with E-state index in [9.17, 15) is 4.79 Å². The summed E-state index contributed by atoms with van der Waals surface area (Å²) in [6, 6.07) is 2.88. The summed E-state index contributed by atoms with van der Waals surface area (Å²) in [7, 11) is 0. The lowest BCUT2D eigenvalue weighted by atomic mass is 10.2. The number of benzene rings is 1. The fourth-order valence-corrected chi connectivity index (χ4v) is 1.20. The van der Waals surface area contributed by atoms with Crippen LogP contribution in [-0.2, 0) is 4.74 Å². The predicted octanol–water partition coefficient (Wildman–Crippen LogP) is 1.68. The monoisotopic (exact) mass is 214 g/mol. The quantitative estimate of drug-likeness (QED) is 0.580. The molecule has 1 rings (SSSR count). The molecule has 0 bridgehead atoms. The molecule has 0 unspecified atom stereocenters.